The van der Waals surface area contributed by atoms with E-state index in [4.69, 9.17) is 5.73 Å². The predicted octanol–water partition coefficient (Wildman–Crippen LogP) is 7.83. The van der Waals surface area contributed by atoms with Gasteiger partial charge in [0, 0.05) is 0 Å². The lowest BCUT2D eigenvalue weighted by atomic mass is 9.54. The monoisotopic (exact) mass is 377 g/mol. The van der Waals surface area contributed by atoms with E-state index in [2.05, 4.69) is 48.5 Å². The zero-order valence-electron chi connectivity index (χ0n) is 19.9. The van der Waals surface area contributed by atoms with E-state index in [9.17, 15) is 0 Å². The van der Waals surface area contributed by atoms with Crippen LogP contribution in [0, 0.1) is 39.9 Å². The van der Waals surface area contributed by atoms with Crippen LogP contribution in [-0.4, -0.2) is 6.54 Å². The molecule has 0 bridgehead atoms. The van der Waals surface area contributed by atoms with Crippen molar-refractivity contribution in [3.05, 3.63) is 0 Å². The first kappa shape index (κ1) is 23.2. The van der Waals surface area contributed by atoms with Crippen molar-refractivity contribution in [2.24, 2.45) is 45.7 Å². The average molecular weight is 378 g/mol. The molecule has 0 aromatic carbocycles. The maximum absolute atomic E-state index is 6.02. The highest BCUT2D eigenvalue weighted by atomic mass is 14.6. The Hall–Kier alpha value is -0.0400. The van der Waals surface area contributed by atoms with Gasteiger partial charge in [-0.2, -0.15) is 0 Å². The second-order valence-corrected chi connectivity index (χ2v) is 11.5. The lowest BCUT2D eigenvalue weighted by Crippen LogP contribution is -2.43. The van der Waals surface area contributed by atoms with Crippen molar-refractivity contribution in [3.63, 3.8) is 0 Å². The smallest absolute Gasteiger partial charge is 0.00744 e. The summed E-state index contributed by atoms with van der Waals surface area (Å²) in [6.45, 7) is 18.7. The molecule has 0 aliphatic heterocycles. The molecule has 2 rings (SSSR count). The first-order valence-corrected chi connectivity index (χ1v) is 12.4. The molecule has 0 radical (unpaired) electrons. The van der Waals surface area contributed by atoms with Gasteiger partial charge in [0.15, 0.2) is 0 Å². The topological polar surface area (TPSA) is 26.0 Å². The van der Waals surface area contributed by atoms with Crippen molar-refractivity contribution < 1.29 is 0 Å². The number of hydrogen-bond donors (Lipinski definition) is 1. The third kappa shape index (κ3) is 4.44. The van der Waals surface area contributed by atoms with Crippen LogP contribution in [0.25, 0.3) is 0 Å². The largest absolute Gasteiger partial charge is 0.330 e. The van der Waals surface area contributed by atoms with Crippen LogP contribution < -0.4 is 5.73 Å². The minimum absolute atomic E-state index is 0.473. The third-order valence-corrected chi connectivity index (χ3v) is 9.93. The van der Waals surface area contributed by atoms with Crippen molar-refractivity contribution in [2.75, 3.05) is 6.54 Å². The van der Waals surface area contributed by atoms with Crippen LogP contribution in [0.15, 0.2) is 0 Å². The minimum Gasteiger partial charge on any atom is -0.330 e. The van der Waals surface area contributed by atoms with E-state index >= 15 is 0 Å². The summed E-state index contributed by atoms with van der Waals surface area (Å²) in [5.41, 5.74) is 7.52. The second kappa shape index (κ2) is 9.19. The van der Waals surface area contributed by atoms with E-state index in [0.29, 0.717) is 16.2 Å². The van der Waals surface area contributed by atoms with Gasteiger partial charge < -0.3 is 5.73 Å². The Kier molecular flexibility index (Phi) is 7.91. The molecule has 0 saturated heterocycles. The van der Waals surface area contributed by atoms with Crippen LogP contribution in [0.4, 0.5) is 0 Å². The molecule has 2 saturated carbocycles. The molecule has 160 valence electrons. The van der Waals surface area contributed by atoms with Crippen LogP contribution in [0.1, 0.15) is 119 Å². The average Bonchev–Trinajstić information content (AvgIpc) is 2.86. The van der Waals surface area contributed by atoms with Crippen LogP contribution in [0.5, 0.6) is 0 Å². The van der Waals surface area contributed by atoms with E-state index in [1.165, 1.54) is 70.6 Å². The van der Waals surface area contributed by atoms with Gasteiger partial charge in [-0.3, -0.25) is 0 Å². The summed E-state index contributed by atoms with van der Waals surface area (Å²) in [5, 5.41) is 0. The molecule has 1 nitrogen and oxygen atoms in total. The molecule has 0 aromatic heterocycles. The normalized spacial score (nSPS) is 38.7. The van der Waals surface area contributed by atoms with Crippen LogP contribution in [0.2, 0.25) is 0 Å². The van der Waals surface area contributed by atoms with Gasteiger partial charge in [0.2, 0.25) is 0 Å². The molecule has 0 heterocycles. The summed E-state index contributed by atoms with van der Waals surface area (Å²) in [7, 11) is 0. The Bertz CT molecular complexity index is 455. The van der Waals surface area contributed by atoms with Gasteiger partial charge in [-0.1, -0.05) is 74.1 Å². The zero-order valence-corrected chi connectivity index (χ0v) is 19.9. The highest BCUT2D eigenvalue weighted by Crippen LogP contribution is 2.64. The summed E-state index contributed by atoms with van der Waals surface area (Å²) >= 11 is 0. The van der Waals surface area contributed by atoms with E-state index in [0.717, 1.165) is 30.2 Å². The third-order valence-electron chi connectivity index (χ3n) is 9.93. The van der Waals surface area contributed by atoms with Gasteiger partial charge in [-0.15, -0.1) is 0 Å². The highest BCUT2D eigenvalue weighted by Gasteiger charge is 2.55. The summed E-state index contributed by atoms with van der Waals surface area (Å²) in [5.74, 6) is 3.49. The SMILES string of the molecule is CCCC1(C)C(CCN)CCC1(C)C(C)C[C@H](CC)C1CCCCC1(C)C. The van der Waals surface area contributed by atoms with Crippen molar-refractivity contribution in [1.82, 2.24) is 0 Å². The lowest BCUT2D eigenvalue weighted by molar-refractivity contribution is -0.0178. The fourth-order valence-corrected chi connectivity index (χ4v) is 7.75. The van der Waals surface area contributed by atoms with Crippen molar-refractivity contribution in [2.45, 2.75) is 119 Å². The maximum atomic E-state index is 6.02. The molecule has 27 heavy (non-hydrogen) atoms. The molecular formula is C26H51N. The molecule has 2 N–H and O–H groups in total. The Labute approximate surface area is 171 Å². The lowest BCUT2D eigenvalue weighted by Gasteiger charge is -2.51. The minimum atomic E-state index is 0.473. The van der Waals surface area contributed by atoms with Gasteiger partial charge in [0.05, 0.1) is 0 Å². The number of rotatable bonds is 9. The number of nitrogens with two attached hydrogens (primary N) is 1. The molecule has 2 fully saturated rings. The molecule has 0 spiro atoms. The summed E-state index contributed by atoms with van der Waals surface area (Å²) in [6.07, 6.45) is 15.4. The van der Waals surface area contributed by atoms with E-state index < -0.39 is 0 Å². The van der Waals surface area contributed by atoms with Gasteiger partial charge in [-0.05, 0) is 91.4 Å². The van der Waals surface area contributed by atoms with E-state index in [-0.39, 0.29) is 0 Å². The Morgan fingerprint density at radius 3 is 2.26 bits per heavy atom. The van der Waals surface area contributed by atoms with Crippen molar-refractivity contribution in [3.8, 4) is 0 Å². The van der Waals surface area contributed by atoms with Crippen LogP contribution in [-0.2, 0) is 0 Å². The molecule has 1 heteroatoms. The molecule has 2 aliphatic carbocycles. The fourth-order valence-electron chi connectivity index (χ4n) is 7.75. The molecule has 2 aliphatic rings. The molecule has 5 unspecified atom stereocenters. The van der Waals surface area contributed by atoms with Gasteiger partial charge >= 0.3 is 0 Å². The van der Waals surface area contributed by atoms with Gasteiger partial charge in [0.25, 0.3) is 0 Å². The first-order chi connectivity index (χ1) is 12.7. The quantitative estimate of drug-likeness (QED) is 0.435. The summed E-state index contributed by atoms with van der Waals surface area (Å²) in [6, 6.07) is 0. The second-order valence-electron chi connectivity index (χ2n) is 11.5. The highest BCUT2D eigenvalue weighted by molar-refractivity contribution is 5.05. The van der Waals surface area contributed by atoms with E-state index in [1.807, 2.05) is 0 Å². The summed E-state index contributed by atoms with van der Waals surface area (Å²) < 4.78 is 0. The summed E-state index contributed by atoms with van der Waals surface area (Å²) in [4.78, 5) is 0. The molecule has 6 atom stereocenters. The molecular weight excluding hydrogens is 326 g/mol. The standard InChI is InChI=1S/C26H51N/c1-8-15-26(7)22(14-18-27)13-17-25(26,6)20(3)19-21(9-2)23-12-10-11-16-24(23,4)5/h20-23H,8-19,27H2,1-7H3/t20?,21-,22?,23?,25?,26?/m0/s1. The van der Waals surface area contributed by atoms with Gasteiger partial charge in [-0.25, -0.2) is 0 Å². The first-order valence-electron chi connectivity index (χ1n) is 12.4. The van der Waals surface area contributed by atoms with E-state index in [1.54, 1.807) is 0 Å². The Morgan fingerprint density at radius 2 is 1.70 bits per heavy atom. The zero-order chi connectivity index (χ0) is 20.3. The molecule has 0 amide bonds. The van der Waals surface area contributed by atoms with Crippen LogP contribution in [0.3, 0.4) is 0 Å². The fraction of sp³-hybridized carbons (Fsp3) is 1.00. The molecule has 0 aromatic rings. The maximum Gasteiger partial charge on any atom is -0.00744 e. The predicted molar refractivity (Wildman–Crippen MR) is 121 cm³/mol. The van der Waals surface area contributed by atoms with Crippen LogP contribution >= 0.6 is 0 Å². The van der Waals surface area contributed by atoms with Gasteiger partial charge in [0.1, 0.15) is 0 Å². The Morgan fingerprint density at radius 1 is 1.00 bits per heavy atom. The van der Waals surface area contributed by atoms with Crippen molar-refractivity contribution >= 4 is 0 Å². The Balaban J connectivity index is 2.19. The number of hydrogen-bond acceptors (Lipinski definition) is 1. The van der Waals surface area contributed by atoms with Crippen molar-refractivity contribution in [1.29, 1.82) is 0 Å².